The lowest BCUT2D eigenvalue weighted by Crippen LogP contribution is -2.29. The van der Waals surface area contributed by atoms with E-state index in [9.17, 15) is 14.7 Å². The SMILES string of the molecule is COc1ccc(C(O)=C2C(=O)C(=O)N(c3nc(C)c(C)s3)[C@H]2c2ccc(Cl)cc2)cc1Cl. The van der Waals surface area contributed by atoms with Crippen molar-refractivity contribution >= 4 is 57.1 Å². The average Bonchev–Trinajstić information content (AvgIpc) is 3.23. The van der Waals surface area contributed by atoms with Gasteiger partial charge in [0.05, 0.1) is 29.4 Å². The molecule has 1 N–H and O–H groups in total. The number of amides is 1. The number of aryl methyl sites for hydroxylation is 2. The number of ketones is 1. The van der Waals surface area contributed by atoms with E-state index >= 15 is 0 Å². The summed E-state index contributed by atoms with van der Waals surface area (Å²) in [5.74, 6) is -1.48. The number of nitrogens with zero attached hydrogens (tertiary/aromatic N) is 2. The highest BCUT2D eigenvalue weighted by atomic mass is 35.5. The zero-order valence-electron chi connectivity index (χ0n) is 17.3. The minimum atomic E-state index is -0.877. The summed E-state index contributed by atoms with van der Waals surface area (Å²) < 4.78 is 5.16. The Hall–Kier alpha value is -2.87. The van der Waals surface area contributed by atoms with Crippen LogP contribution in [0.4, 0.5) is 5.13 Å². The fourth-order valence-corrected chi connectivity index (χ4v) is 4.84. The molecule has 0 radical (unpaired) electrons. The van der Waals surface area contributed by atoms with Gasteiger partial charge in [-0.2, -0.15) is 0 Å². The minimum Gasteiger partial charge on any atom is -0.507 e. The molecule has 1 aromatic heterocycles. The Balaban J connectivity index is 1.94. The zero-order chi connectivity index (χ0) is 23.2. The van der Waals surface area contributed by atoms with E-state index in [1.165, 1.54) is 29.4 Å². The largest absolute Gasteiger partial charge is 0.507 e. The molecule has 0 saturated carbocycles. The second kappa shape index (κ2) is 8.58. The maximum Gasteiger partial charge on any atom is 0.301 e. The third-order valence-corrected chi connectivity index (χ3v) is 6.90. The Morgan fingerprint density at radius 3 is 2.38 bits per heavy atom. The van der Waals surface area contributed by atoms with Crippen molar-refractivity contribution in [3.05, 3.63) is 79.8 Å². The Morgan fingerprint density at radius 1 is 1.12 bits per heavy atom. The number of carbonyl (C=O) groups excluding carboxylic acids is 2. The van der Waals surface area contributed by atoms with E-state index in [0.717, 1.165) is 10.6 Å². The molecule has 0 spiro atoms. The smallest absolute Gasteiger partial charge is 0.301 e. The number of Topliss-reactive ketones (excluding diaryl/α,β-unsaturated/α-hetero) is 1. The molecule has 164 valence electrons. The monoisotopic (exact) mass is 488 g/mol. The number of hydrogen-bond acceptors (Lipinski definition) is 6. The topological polar surface area (TPSA) is 79.7 Å². The third kappa shape index (κ3) is 3.77. The molecule has 1 aliphatic rings. The van der Waals surface area contributed by atoms with Crippen LogP contribution < -0.4 is 9.64 Å². The normalized spacial score (nSPS) is 17.8. The molecule has 2 aromatic carbocycles. The predicted molar refractivity (Wildman–Crippen MR) is 126 cm³/mol. The van der Waals surface area contributed by atoms with Crippen molar-refractivity contribution < 1.29 is 19.4 Å². The molecule has 0 unspecified atom stereocenters. The van der Waals surface area contributed by atoms with Crippen molar-refractivity contribution in [3.63, 3.8) is 0 Å². The van der Waals surface area contributed by atoms with Crippen LogP contribution in [0, 0.1) is 13.8 Å². The second-order valence-corrected chi connectivity index (χ2v) is 9.23. The van der Waals surface area contributed by atoms with E-state index < -0.39 is 17.7 Å². The Labute approximate surface area is 198 Å². The molecule has 1 amide bonds. The van der Waals surface area contributed by atoms with Gasteiger partial charge in [-0.3, -0.25) is 14.5 Å². The van der Waals surface area contributed by atoms with E-state index in [0.29, 0.717) is 27.0 Å². The highest BCUT2D eigenvalue weighted by molar-refractivity contribution is 7.16. The maximum absolute atomic E-state index is 13.1. The fourth-order valence-electron chi connectivity index (χ4n) is 3.52. The van der Waals surface area contributed by atoms with E-state index in [-0.39, 0.29) is 16.4 Å². The Morgan fingerprint density at radius 2 is 1.81 bits per heavy atom. The standard InChI is InChI=1S/C23H18Cl2N2O4S/c1-11-12(2)32-23(26-11)27-19(13-4-7-15(24)8-5-13)18(21(29)22(27)30)20(28)14-6-9-17(31-3)16(25)10-14/h4-10,19,28H,1-3H3/t19-/m0/s1. The first kappa shape index (κ1) is 22.3. The van der Waals surface area contributed by atoms with Crippen molar-refractivity contribution in [2.45, 2.75) is 19.9 Å². The average molecular weight is 489 g/mol. The van der Waals surface area contributed by atoms with Crippen molar-refractivity contribution in [2.24, 2.45) is 0 Å². The summed E-state index contributed by atoms with van der Waals surface area (Å²) >= 11 is 13.6. The second-order valence-electron chi connectivity index (χ2n) is 7.21. The number of aromatic nitrogens is 1. The Bertz CT molecular complexity index is 1250. The molecule has 4 rings (SSSR count). The van der Waals surface area contributed by atoms with Gasteiger partial charge in [-0.15, -0.1) is 11.3 Å². The predicted octanol–water partition coefficient (Wildman–Crippen LogP) is 5.70. The molecule has 1 atom stereocenters. The van der Waals surface area contributed by atoms with Gasteiger partial charge < -0.3 is 9.84 Å². The van der Waals surface area contributed by atoms with E-state index in [1.54, 1.807) is 36.4 Å². The van der Waals surface area contributed by atoms with Crippen LogP contribution in [-0.2, 0) is 9.59 Å². The molecule has 3 aromatic rings. The number of ether oxygens (including phenoxy) is 1. The molecule has 32 heavy (non-hydrogen) atoms. The van der Waals surface area contributed by atoms with Crippen molar-refractivity contribution in [1.82, 2.24) is 4.98 Å². The van der Waals surface area contributed by atoms with Gasteiger partial charge in [0, 0.05) is 15.5 Å². The summed E-state index contributed by atoms with van der Waals surface area (Å²) in [5.41, 5.74) is 1.62. The van der Waals surface area contributed by atoms with Gasteiger partial charge in [0.2, 0.25) is 0 Å². The Kier molecular flexibility index (Phi) is 5.99. The van der Waals surface area contributed by atoms with Crippen LogP contribution in [0.1, 0.15) is 27.7 Å². The van der Waals surface area contributed by atoms with Crippen LogP contribution in [0.15, 0.2) is 48.0 Å². The summed E-state index contributed by atoms with van der Waals surface area (Å²) in [6.45, 7) is 3.73. The molecule has 1 saturated heterocycles. The number of rotatable bonds is 4. The van der Waals surface area contributed by atoms with Gasteiger partial charge in [0.15, 0.2) is 5.13 Å². The van der Waals surface area contributed by atoms with Gasteiger partial charge >= 0.3 is 5.91 Å². The minimum absolute atomic E-state index is 0.0518. The number of benzene rings is 2. The van der Waals surface area contributed by atoms with Crippen molar-refractivity contribution in [3.8, 4) is 5.75 Å². The van der Waals surface area contributed by atoms with Crippen LogP contribution >= 0.6 is 34.5 Å². The highest BCUT2D eigenvalue weighted by Crippen LogP contribution is 2.44. The summed E-state index contributed by atoms with van der Waals surface area (Å²) in [4.78, 5) is 33.0. The number of halogens is 2. The van der Waals surface area contributed by atoms with Gasteiger partial charge in [0.1, 0.15) is 11.5 Å². The number of aliphatic hydroxyl groups is 1. The molecule has 6 nitrogen and oxygen atoms in total. The summed E-state index contributed by atoms with van der Waals surface area (Å²) in [6.07, 6.45) is 0. The summed E-state index contributed by atoms with van der Waals surface area (Å²) in [7, 11) is 1.48. The van der Waals surface area contributed by atoms with Crippen molar-refractivity contribution in [2.75, 3.05) is 12.0 Å². The molecular weight excluding hydrogens is 471 g/mol. The van der Waals surface area contributed by atoms with Crippen LogP contribution in [0.3, 0.4) is 0 Å². The molecule has 9 heteroatoms. The molecule has 0 bridgehead atoms. The first-order chi connectivity index (χ1) is 15.2. The molecular formula is C23H18Cl2N2O4S. The number of aliphatic hydroxyl groups excluding tert-OH is 1. The zero-order valence-corrected chi connectivity index (χ0v) is 19.7. The maximum atomic E-state index is 13.1. The van der Waals surface area contributed by atoms with Crippen LogP contribution in [-0.4, -0.2) is 28.9 Å². The van der Waals surface area contributed by atoms with Crippen LogP contribution in [0.25, 0.3) is 5.76 Å². The van der Waals surface area contributed by atoms with Gasteiger partial charge in [-0.25, -0.2) is 4.98 Å². The van der Waals surface area contributed by atoms with E-state index in [1.807, 2.05) is 13.8 Å². The number of thiazole rings is 1. The van der Waals surface area contributed by atoms with Crippen LogP contribution in [0.2, 0.25) is 10.0 Å². The molecule has 1 aliphatic heterocycles. The van der Waals surface area contributed by atoms with Crippen LogP contribution in [0.5, 0.6) is 5.75 Å². The third-order valence-electron chi connectivity index (χ3n) is 5.28. The highest BCUT2D eigenvalue weighted by Gasteiger charge is 2.48. The van der Waals surface area contributed by atoms with Gasteiger partial charge in [-0.1, -0.05) is 35.3 Å². The molecule has 2 heterocycles. The lowest BCUT2D eigenvalue weighted by atomic mass is 9.95. The summed E-state index contributed by atoms with van der Waals surface area (Å²) in [6, 6.07) is 10.5. The molecule has 1 fully saturated rings. The fraction of sp³-hybridized carbons (Fsp3) is 0.174. The number of methoxy groups -OCH3 is 1. The summed E-state index contributed by atoms with van der Waals surface area (Å²) in [5, 5.41) is 12.3. The quantitative estimate of drug-likeness (QED) is 0.289. The van der Waals surface area contributed by atoms with Crippen molar-refractivity contribution in [1.29, 1.82) is 0 Å². The number of carbonyl (C=O) groups is 2. The lowest BCUT2D eigenvalue weighted by molar-refractivity contribution is -0.132. The number of hydrogen-bond donors (Lipinski definition) is 1. The number of anilines is 1. The lowest BCUT2D eigenvalue weighted by Gasteiger charge is -2.23. The van der Waals surface area contributed by atoms with E-state index in [2.05, 4.69) is 4.98 Å². The van der Waals surface area contributed by atoms with E-state index in [4.69, 9.17) is 27.9 Å². The molecule has 0 aliphatic carbocycles. The van der Waals surface area contributed by atoms with Gasteiger partial charge in [-0.05, 0) is 49.7 Å². The first-order valence-electron chi connectivity index (χ1n) is 9.57. The van der Waals surface area contributed by atoms with Gasteiger partial charge in [0.25, 0.3) is 5.78 Å². The first-order valence-corrected chi connectivity index (χ1v) is 11.1.